The van der Waals surface area contributed by atoms with Crippen LogP contribution in [0.15, 0.2) is 42.5 Å². The molecule has 21 heavy (non-hydrogen) atoms. The molecule has 2 aliphatic rings. The molecule has 0 atom stereocenters. The van der Waals surface area contributed by atoms with Gasteiger partial charge in [0.25, 0.3) is 0 Å². The Morgan fingerprint density at radius 3 is 2.52 bits per heavy atom. The lowest BCUT2D eigenvalue weighted by molar-refractivity contribution is 0.231. The van der Waals surface area contributed by atoms with Gasteiger partial charge in [0.2, 0.25) is 0 Å². The van der Waals surface area contributed by atoms with E-state index in [0.717, 1.165) is 32.2 Å². The first-order chi connectivity index (χ1) is 10.3. The van der Waals surface area contributed by atoms with Gasteiger partial charge in [-0.15, -0.1) is 0 Å². The highest BCUT2D eigenvalue weighted by Crippen LogP contribution is 2.40. The van der Waals surface area contributed by atoms with Gasteiger partial charge < -0.3 is 10.6 Å². The van der Waals surface area contributed by atoms with E-state index < -0.39 is 0 Å². The molecule has 0 bridgehead atoms. The molecule has 1 aliphatic carbocycles. The summed E-state index contributed by atoms with van der Waals surface area (Å²) in [4.78, 5) is 11.4. The summed E-state index contributed by atoms with van der Waals surface area (Å²) in [6.07, 6.45) is 4.44. The maximum atomic E-state index is 11.4. The number of benzene rings is 2. The number of hydrogen-bond acceptors (Lipinski definition) is 1. The minimum atomic E-state index is -0.00129. The summed E-state index contributed by atoms with van der Waals surface area (Å²) in [5, 5.41) is 8.75. The summed E-state index contributed by atoms with van der Waals surface area (Å²) < 4.78 is 0. The van der Waals surface area contributed by atoms with Crippen molar-refractivity contribution in [1.29, 1.82) is 0 Å². The van der Waals surface area contributed by atoms with Crippen molar-refractivity contribution in [3.63, 3.8) is 0 Å². The summed E-state index contributed by atoms with van der Waals surface area (Å²) in [6, 6.07) is 15.3. The molecule has 2 fully saturated rings. The Morgan fingerprint density at radius 2 is 1.76 bits per heavy atom. The number of urea groups is 1. The van der Waals surface area contributed by atoms with Crippen LogP contribution in [-0.4, -0.2) is 18.1 Å². The predicted octanol–water partition coefficient (Wildman–Crippen LogP) is 3.55. The molecule has 108 valence electrons. The molecule has 2 aromatic carbocycles. The van der Waals surface area contributed by atoms with Gasteiger partial charge in [0.1, 0.15) is 0 Å². The quantitative estimate of drug-likeness (QED) is 0.824. The smallest absolute Gasteiger partial charge is 0.315 e. The minimum Gasteiger partial charge on any atom is -0.336 e. The number of nitrogens with one attached hydrogen (secondary N) is 2. The summed E-state index contributed by atoms with van der Waals surface area (Å²) >= 11 is 0. The van der Waals surface area contributed by atoms with Crippen LogP contribution in [0.4, 0.5) is 4.79 Å². The van der Waals surface area contributed by atoms with Crippen LogP contribution in [0, 0.1) is 0 Å². The van der Waals surface area contributed by atoms with Gasteiger partial charge in [-0.05, 0) is 47.9 Å². The highest BCUT2D eigenvalue weighted by Gasteiger charge is 2.41. The third-order valence-electron chi connectivity index (χ3n) is 5.17. The zero-order valence-electron chi connectivity index (χ0n) is 12.1. The van der Waals surface area contributed by atoms with Gasteiger partial charge in [-0.3, -0.25) is 0 Å². The van der Waals surface area contributed by atoms with Crippen molar-refractivity contribution in [2.75, 3.05) is 6.54 Å². The van der Waals surface area contributed by atoms with Crippen molar-refractivity contribution in [1.82, 2.24) is 10.6 Å². The molecule has 1 heterocycles. The number of carbonyl (C=O) groups excluding carboxylic acids is 1. The van der Waals surface area contributed by atoms with E-state index in [0.29, 0.717) is 5.92 Å². The summed E-state index contributed by atoms with van der Waals surface area (Å²) in [6.45, 7) is 0.786. The van der Waals surface area contributed by atoms with E-state index >= 15 is 0 Å². The summed E-state index contributed by atoms with van der Waals surface area (Å²) in [5.74, 6) is 0.610. The van der Waals surface area contributed by atoms with Gasteiger partial charge in [-0.1, -0.05) is 42.5 Å². The van der Waals surface area contributed by atoms with Crippen LogP contribution in [0.1, 0.15) is 37.2 Å². The molecular formula is C18H20N2O. The fraction of sp³-hybridized carbons (Fsp3) is 0.389. The zero-order valence-corrected chi connectivity index (χ0v) is 12.1. The van der Waals surface area contributed by atoms with Gasteiger partial charge >= 0.3 is 6.03 Å². The van der Waals surface area contributed by atoms with Crippen molar-refractivity contribution in [3.8, 4) is 0 Å². The summed E-state index contributed by atoms with van der Waals surface area (Å²) in [5.41, 5.74) is 1.48. The average Bonchev–Trinajstić information content (AvgIpc) is 2.88. The molecule has 2 aromatic rings. The highest BCUT2D eigenvalue weighted by atomic mass is 16.2. The molecule has 2 N–H and O–H groups in total. The number of hydrogen-bond donors (Lipinski definition) is 2. The Labute approximate surface area is 124 Å². The van der Waals surface area contributed by atoms with Crippen molar-refractivity contribution in [2.24, 2.45) is 0 Å². The number of rotatable bonds is 1. The van der Waals surface area contributed by atoms with Gasteiger partial charge in [0.15, 0.2) is 0 Å². The lowest BCUT2D eigenvalue weighted by atomic mass is 9.74. The fourth-order valence-electron chi connectivity index (χ4n) is 3.97. The summed E-state index contributed by atoms with van der Waals surface area (Å²) in [7, 11) is 0. The van der Waals surface area contributed by atoms with E-state index in [1.54, 1.807) is 0 Å². The third kappa shape index (κ3) is 2.17. The average molecular weight is 280 g/mol. The van der Waals surface area contributed by atoms with E-state index in [2.05, 4.69) is 53.1 Å². The molecule has 0 radical (unpaired) electrons. The van der Waals surface area contributed by atoms with E-state index in [1.165, 1.54) is 16.3 Å². The van der Waals surface area contributed by atoms with Crippen LogP contribution in [0.25, 0.3) is 10.8 Å². The van der Waals surface area contributed by atoms with E-state index in [-0.39, 0.29) is 11.6 Å². The standard InChI is InChI=1S/C18H20N2O/c21-17-19-12-18(20-17)10-8-14(9-11-18)16-7-3-5-13-4-1-2-6-15(13)16/h1-7,14H,8-12H2,(H2,19,20,21). The van der Waals surface area contributed by atoms with Crippen molar-refractivity contribution in [2.45, 2.75) is 37.1 Å². The van der Waals surface area contributed by atoms with Gasteiger partial charge in [0.05, 0.1) is 5.54 Å². The second kappa shape index (κ2) is 4.76. The molecule has 1 saturated heterocycles. The van der Waals surface area contributed by atoms with E-state index in [1.807, 2.05) is 0 Å². The van der Waals surface area contributed by atoms with Crippen molar-refractivity contribution in [3.05, 3.63) is 48.0 Å². The third-order valence-corrected chi connectivity index (χ3v) is 5.17. The number of amides is 2. The Bertz CT molecular complexity index is 681. The van der Waals surface area contributed by atoms with E-state index in [9.17, 15) is 4.79 Å². The molecule has 2 amide bonds. The van der Waals surface area contributed by atoms with Gasteiger partial charge in [-0.2, -0.15) is 0 Å². The molecule has 4 rings (SSSR count). The molecule has 1 saturated carbocycles. The zero-order chi connectivity index (χ0) is 14.3. The molecule has 3 nitrogen and oxygen atoms in total. The molecule has 1 spiro atoms. The topological polar surface area (TPSA) is 41.1 Å². The second-order valence-electron chi connectivity index (χ2n) is 6.43. The SMILES string of the molecule is O=C1NCC2(CCC(c3cccc4ccccc34)CC2)N1. The molecule has 0 unspecified atom stereocenters. The maximum absolute atomic E-state index is 11.4. The highest BCUT2D eigenvalue weighted by molar-refractivity contribution is 5.86. The fourth-order valence-corrected chi connectivity index (χ4v) is 3.97. The Morgan fingerprint density at radius 1 is 1.00 bits per heavy atom. The van der Waals surface area contributed by atoms with Crippen molar-refractivity contribution >= 4 is 16.8 Å². The molecular weight excluding hydrogens is 260 g/mol. The van der Waals surface area contributed by atoms with Gasteiger partial charge in [-0.25, -0.2) is 4.79 Å². The second-order valence-corrected chi connectivity index (χ2v) is 6.43. The van der Waals surface area contributed by atoms with Crippen LogP contribution in [0.3, 0.4) is 0 Å². The van der Waals surface area contributed by atoms with Crippen LogP contribution in [0.5, 0.6) is 0 Å². The minimum absolute atomic E-state index is 0.00129. The van der Waals surface area contributed by atoms with Crippen LogP contribution < -0.4 is 10.6 Å². The molecule has 0 aromatic heterocycles. The first-order valence-corrected chi connectivity index (χ1v) is 7.79. The lowest BCUT2D eigenvalue weighted by Crippen LogP contribution is -2.46. The Hall–Kier alpha value is -2.03. The largest absolute Gasteiger partial charge is 0.336 e. The number of carbonyl (C=O) groups is 1. The molecule has 3 heteroatoms. The van der Waals surface area contributed by atoms with E-state index in [4.69, 9.17) is 0 Å². The Balaban J connectivity index is 1.59. The van der Waals surface area contributed by atoms with Crippen LogP contribution in [-0.2, 0) is 0 Å². The van der Waals surface area contributed by atoms with Crippen molar-refractivity contribution < 1.29 is 4.79 Å². The monoisotopic (exact) mass is 280 g/mol. The maximum Gasteiger partial charge on any atom is 0.315 e. The van der Waals surface area contributed by atoms with Crippen LogP contribution >= 0.6 is 0 Å². The Kier molecular flexibility index (Phi) is 2.88. The normalized spacial score (nSPS) is 28.6. The molecule has 1 aliphatic heterocycles. The first-order valence-electron chi connectivity index (χ1n) is 7.79. The number of fused-ring (bicyclic) bond motifs is 1. The first kappa shape index (κ1) is 12.7. The van der Waals surface area contributed by atoms with Gasteiger partial charge in [0, 0.05) is 6.54 Å². The van der Waals surface area contributed by atoms with Crippen LogP contribution in [0.2, 0.25) is 0 Å². The lowest BCUT2D eigenvalue weighted by Gasteiger charge is -2.36. The predicted molar refractivity (Wildman–Crippen MR) is 84.4 cm³/mol.